The molecule has 126 valence electrons. The molecule has 0 radical (unpaired) electrons. The van der Waals surface area contributed by atoms with E-state index in [2.05, 4.69) is 88.4 Å². The SMILES string of the molecule is CC1(C)OB(c2cccc3cc(-c4ccccc4)ccc23)OC1(C)C. The van der Waals surface area contributed by atoms with Gasteiger partial charge in [0.15, 0.2) is 0 Å². The van der Waals surface area contributed by atoms with E-state index in [-0.39, 0.29) is 18.3 Å². The summed E-state index contributed by atoms with van der Waals surface area (Å²) in [5.74, 6) is 0. The van der Waals surface area contributed by atoms with Crippen LogP contribution in [0.4, 0.5) is 0 Å². The maximum Gasteiger partial charge on any atom is 0.495 e. The standard InChI is InChI=1S/C22H23BO2/c1-21(2)22(3,4)25-23(24-21)20-12-8-11-18-15-17(13-14-19(18)20)16-9-6-5-7-10-16/h5-15H,1-4H3. The predicted molar refractivity (Wildman–Crippen MR) is 105 cm³/mol. The molecule has 1 heterocycles. The van der Waals surface area contributed by atoms with Gasteiger partial charge in [-0.05, 0) is 61.1 Å². The van der Waals surface area contributed by atoms with Gasteiger partial charge >= 0.3 is 7.12 Å². The highest BCUT2D eigenvalue weighted by Crippen LogP contribution is 2.37. The molecule has 3 aromatic rings. The van der Waals surface area contributed by atoms with E-state index in [4.69, 9.17) is 9.31 Å². The van der Waals surface area contributed by atoms with Crippen molar-refractivity contribution >= 4 is 23.4 Å². The normalized spacial score (nSPS) is 18.6. The van der Waals surface area contributed by atoms with Crippen molar-refractivity contribution in [1.82, 2.24) is 0 Å². The van der Waals surface area contributed by atoms with E-state index in [0.717, 1.165) is 5.46 Å². The van der Waals surface area contributed by atoms with Crippen LogP contribution in [0.1, 0.15) is 27.7 Å². The fourth-order valence-corrected chi connectivity index (χ4v) is 3.29. The second-order valence-corrected chi connectivity index (χ2v) is 7.74. The highest BCUT2D eigenvalue weighted by molar-refractivity contribution is 6.65. The molecule has 0 bridgehead atoms. The summed E-state index contributed by atoms with van der Waals surface area (Å²) < 4.78 is 12.5. The quantitative estimate of drug-likeness (QED) is 0.628. The van der Waals surface area contributed by atoms with E-state index in [1.165, 1.54) is 21.9 Å². The lowest BCUT2D eigenvalue weighted by Gasteiger charge is -2.32. The highest BCUT2D eigenvalue weighted by Gasteiger charge is 2.52. The second kappa shape index (κ2) is 5.72. The zero-order valence-electron chi connectivity index (χ0n) is 15.2. The van der Waals surface area contributed by atoms with Gasteiger partial charge in [-0.1, -0.05) is 60.7 Å². The Morgan fingerprint density at radius 1 is 0.680 bits per heavy atom. The summed E-state index contributed by atoms with van der Waals surface area (Å²) in [7, 11) is -0.337. The number of hydrogen-bond donors (Lipinski definition) is 0. The summed E-state index contributed by atoms with van der Waals surface area (Å²) in [5, 5.41) is 2.38. The lowest BCUT2D eigenvalue weighted by Crippen LogP contribution is -2.41. The van der Waals surface area contributed by atoms with E-state index >= 15 is 0 Å². The molecule has 25 heavy (non-hydrogen) atoms. The Kier molecular flexibility index (Phi) is 3.75. The van der Waals surface area contributed by atoms with Crippen LogP contribution >= 0.6 is 0 Å². The molecule has 0 spiro atoms. The summed E-state index contributed by atoms with van der Waals surface area (Å²) in [6.45, 7) is 8.36. The molecule has 1 aliphatic rings. The van der Waals surface area contributed by atoms with Crippen molar-refractivity contribution in [2.24, 2.45) is 0 Å². The van der Waals surface area contributed by atoms with Gasteiger partial charge in [0.05, 0.1) is 11.2 Å². The fourth-order valence-electron chi connectivity index (χ4n) is 3.29. The summed E-state index contributed by atoms with van der Waals surface area (Å²) >= 11 is 0. The van der Waals surface area contributed by atoms with E-state index in [0.29, 0.717) is 0 Å². The van der Waals surface area contributed by atoms with E-state index in [1.807, 2.05) is 6.07 Å². The molecular formula is C22H23BO2. The fraction of sp³-hybridized carbons (Fsp3) is 0.273. The topological polar surface area (TPSA) is 18.5 Å². The van der Waals surface area contributed by atoms with Crippen LogP contribution in [0.15, 0.2) is 66.7 Å². The van der Waals surface area contributed by atoms with Gasteiger partial charge in [-0.15, -0.1) is 0 Å². The molecular weight excluding hydrogens is 307 g/mol. The van der Waals surface area contributed by atoms with Crippen LogP contribution in [0.5, 0.6) is 0 Å². The van der Waals surface area contributed by atoms with Gasteiger partial charge in [-0.2, -0.15) is 0 Å². The molecule has 3 heteroatoms. The van der Waals surface area contributed by atoms with E-state index in [1.54, 1.807) is 0 Å². The van der Waals surface area contributed by atoms with Crippen LogP contribution in [0.2, 0.25) is 0 Å². The number of fused-ring (bicyclic) bond motifs is 1. The van der Waals surface area contributed by atoms with Gasteiger partial charge in [0, 0.05) is 0 Å². The molecule has 0 aliphatic carbocycles. The van der Waals surface area contributed by atoms with Crippen molar-refractivity contribution in [1.29, 1.82) is 0 Å². The minimum absolute atomic E-state index is 0.330. The lowest BCUT2D eigenvalue weighted by molar-refractivity contribution is 0.00578. The molecule has 0 atom stereocenters. The van der Waals surface area contributed by atoms with Crippen LogP contribution in [0, 0.1) is 0 Å². The third kappa shape index (κ3) is 2.78. The molecule has 0 amide bonds. The third-order valence-corrected chi connectivity index (χ3v) is 5.53. The van der Waals surface area contributed by atoms with Gasteiger partial charge < -0.3 is 9.31 Å². The Morgan fingerprint density at radius 3 is 2.04 bits per heavy atom. The first-order chi connectivity index (χ1) is 11.9. The third-order valence-electron chi connectivity index (χ3n) is 5.53. The summed E-state index contributed by atoms with van der Waals surface area (Å²) in [4.78, 5) is 0. The van der Waals surface area contributed by atoms with Gasteiger partial charge in [0.25, 0.3) is 0 Å². The molecule has 1 fully saturated rings. The summed E-state index contributed by atoms with van der Waals surface area (Å²) in [6.07, 6.45) is 0. The Balaban J connectivity index is 1.77. The smallest absolute Gasteiger partial charge is 0.399 e. The van der Waals surface area contributed by atoms with Crippen molar-refractivity contribution in [3.05, 3.63) is 66.7 Å². The predicted octanol–water partition coefficient (Wildman–Crippen LogP) is 4.81. The first-order valence-corrected chi connectivity index (χ1v) is 8.81. The van der Waals surface area contributed by atoms with Crippen LogP contribution in [-0.4, -0.2) is 18.3 Å². The zero-order valence-corrected chi connectivity index (χ0v) is 15.2. The Bertz CT molecular complexity index is 900. The minimum atomic E-state index is -0.337. The molecule has 0 unspecified atom stereocenters. The average Bonchev–Trinajstić information content (AvgIpc) is 2.82. The molecule has 0 saturated carbocycles. The molecule has 0 aromatic heterocycles. The van der Waals surface area contributed by atoms with Crippen LogP contribution in [-0.2, 0) is 9.31 Å². The largest absolute Gasteiger partial charge is 0.495 e. The maximum absolute atomic E-state index is 6.25. The lowest BCUT2D eigenvalue weighted by atomic mass is 9.76. The van der Waals surface area contributed by atoms with Crippen molar-refractivity contribution in [3.63, 3.8) is 0 Å². The van der Waals surface area contributed by atoms with Gasteiger partial charge in [-0.3, -0.25) is 0 Å². The van der Waals surface area contributed by atoms with Gasteiger partial charge in [-0.25, -0.2) is 0 Å². The molecule has 2 nitrogen and oxygen atoms in total. The van der Waals surface area contributed by atoms with E-state index < -0.39 is 0 Å². The first-order valence-electron chi connectivity index (χ1n) is 8.81. The molecule has 1 aliphatic heterocycles. The molecule has 0 N–H and O–H groups in total. The van der Waals surface area contributed by atoms with Gasteiger partial charge in [0.2, 0.25) is 0 Å². The highest BCUT2D eigenvalue weighted by atomic mass is 16.7. The average molecular weight is 330 g/mol. The maximum atomic E-state index is 6.25. The van der Waals surface area contributed by atoms with E-state index in [9.17, 15) is 0 Å². The van der Waals surface area contributed by atoms with Crippen LogP contribution in [0.25, 0.3) is 21.9 Å². The number of rotatable bonds is 2. The number of hydrogen-bond acceptors (Lipinski definition) is 2. The van der Waals surface area contributed by atoms with Crippen molar-refractivity contribution in [2.75, 3.05) is 0 Å². The van der Waals surface area contributed by atoms with Crippen LogP contribution in [0.3, 0.4) is 0 Å². The van der Waals surface area contributed by atoms with Crippen molar-refractivity contribution in [2.45, 2.75) is 38.9 Å². The molecule has 3 aromatic carbocycles. The summed E-state index contributed by atoms with van der Waals surface area (Å²) in [5.41, 5.74) is 2.88. The zero-order chi connectivity index (χ0) is 17.7. The van der Waals surface area contributed by atoms with Crippen LogP contribution < -0.4 is 5.46 Å². The number of benzene rings is 3. The Hall–Kier alpha value is -2.10. The Labute approximate surface area is 149 Å². The molecule has 1 saturated heterocycles. The monoisotopic (exact) mass is 330 g/mol. The minimum Gasteiger partial charge on any atom is -0.399 e. The summed E-state index contributed by atoms with van der Waals surface area (Å²) in [6, 6.07) is 23.4. The van der Waals surface area contributed by atoms with Crippen molar-refractivity contribution in [3.8, 4) is 11.1 Å². The second-order valence-electron chi connectivity index (χ2n) is 7.74. The van der Waals surface area contributed by atoms with Crippen molar-refractivity contribution < 1.29 is 9.31 Å². The van der Waals surface area contributed by atoms with Gasteiger partial charge in [0.1, 0.15) is 0 Å². The Morgan fingerprint density at radius 2 is 1.36 bits per heavy atom. The molecule has 4 rings (SSSR count). The first kappa shape index (κ1) is 16.4.